The van der Waals surface area contributed by atoms with E-state index in [2.05, 4.69) is 17.0 Å². The molecule has 2 heterocycles. The maximum absolute atomic E-state index is 12.2. The van der Waals surface area contributed by atoms with Crippen LogP contribution in [0.3, 0.4) is 0 Å². The molecule has 2 aliphatic rings. The van der Waals surface area contributed by atoms with Crippen LogP contribution in [0.2, 0.25) is 0 Å². The van der Waals surface area contributed by atoms with Crippen molar-refractivity contribution >= 4 is 10.0 Å². The predicted molar refractivity (Wildman–Crippen MR) is 66.3 cm³/mol. The summed E-state index contributed by atoms with van der Waals surface area (Å²) >= 11 is 0. The lowest BCUT2D eigenvalue weighted by atomic mass is 9.96. The number of hydrogen-bond acceptors (Lipinski definition) is 4. The lowest BCUT2D eigenvalue weighted by Gasteiger charge is -2.32. The SMILES string of the molecule is CC1CCNCC1NS(=O)(=O)C1CCOCC1. The second kappa shape index (κ2) is 5.65. The van der Waals surface area contributed by atoms with E-state index in [-0.39, 0.29) is 11.3 Å². The standard InChI is InChI=1S/C11H22N2O3S/c1-9-2-5-12-8-11(9)13-17(14,15)10-3-6-16-7-4-10/h9-13H,2-8H2,1H3. The molecule has 2 fully saturated rings. The molecule has 0 aromatic heterocycles. The number of nitrogens with one attached hydrogen (secondary N) is 2. The fourth-order valence-electron chi connectivity index (χ4n) is 2.44. The number of piperidine rings is 1. The fraction of sp³-hybridized carbons (Fsp3) is 1.00. The summed E-state index contributed by atoms with van der Waals surface area (Å²) in [6.07, 6.45) is 2.26. The van der Waals surface area contributed by atoms with Gasteiger partial charge in [-0.3, -0.25) is 0 Å². The highest BCUT2D eigenvalue weighted by Crippen LogP contribution is 2.18. The van der Waals surface area contributed by atoms with Crippen molar-refractivity contribution in [3.63, 3.8) is 0 Å². The number of ether oxygens (including phenoxy) is 1. The molecule has 0 spiro atoms. The van der Waals surface area contributed by atoms with Crippen LogP contribution in [-0.2, 0) is 14.8 Å². The third-order valence-electron chi connectivity index (χ3n) is 3.75. The summed E-state index contributed by atoms with van der Waals surface area (Å²) in [6, 6.07) is 0.0385. The number of rotatable bonds is 3. The van der Waals surface area contributed by atoms with Gasteiger partial charge in [-0.1, -0.05) is 6.92 Å². The maximum atomic E-state index is 12.2. The Morgan fingerprint density at radius 1 is 1.24 bits per heavy atom. The summed E-state index contributed by atoms with van der Waals surface area (Å²) in [5.41, 5.74) is 0. The molecule has 100 valence electrons. The zero-order valence-electron chi connectivity index (χ0n) is 10.3. The number of hydrogen-bond donors (Lipinski definition) is 2. The zero-order chi connectivity index (χ0) is 12.3. The van der Waals surface area contributed by atoms with Gasteiger partial charge in [-0.2, -0.15) is 0 Å². The molecule has 2 saturated heterocycles. The van der Waals surface area contributed by atoms with Crippen molar-refractivity contribution < 1.29 is 13.2 Å². The first-order valence-electron chi connectivity index (χ1n) is 6.39. The molecule has 2 N–H and O–H groups in total. The first-order valence-corrected chi connectivity index (χ1v) is 7.94. The van der Waals surface area contributed by atoms with Gasteiger partial charge in [-0.05, 0) is 31.7 Å². The lowest BCUT2D eigenvalue weighted by molar-refractivity contribution is 0.0979. The van der Waals surface area contributed by atoms with Crippen LogP contribution in [0.5, 0.6) is 0 Å². The van der Waals surface area contributed by atoms with E-state index in [0.717, 1.165) is 19.5 Å². The minimum absolute atomic E-state index is 0.0385. The summed E-state index contributed by atoms with van der Waals surface area (Å²) in [7, 11) is -3.19. The molecule has 2 unspecified atom stereocenters. The Morgan fingerprint density at radius 3 is 2.59 bits per heavy atom. The van der Waals surface area contributed by atoms with Gasteiger partial charge in [0, 0.05) is 25.8 Å². The Hall–Kier alpha value is -0.170. The van der Waals surface area contributed by atoms with E-state index in [4.69, 9.17) is 4.74 Å². The van der Waals surface area contributed by atoms with E-state index in [0.29, 0.717) is 32.0 Å². The lowest BCUT2D eigenvalue weighted by Crippen LogP contribution is -2.52. The Labute approximate surface area is 103 Å². The van der Waals surface area contributed by atoms with Crippen LogP contribution < -0.4 is 10.0 Å². The van der Waals surface area contributed by atoms with Gasteiger partial charge in [0.25, 0.3) is 0 Å². The zero-order valence-corrected chi connectivity index (χ0v) is 11.1. The van der Waals surface area contributed by atoms with E-state index >= 15 is 0 Å². The molecule has 5 nitrogen and oxygen atoms in total. The molecular weight excluding hydrogens is 240 g/mol. The van der Waals surface area contributed by atoms with Crippen molar-refractivity contribution in [1.82, 2.24) is 10.0 Å². The van der Waals surface area contributed by atoms with Crippen LogP contribution in [0.1, 0.15) is 26.2 Å². The highest BCUT2D eigenvalue weighted by atomic mass is 32.2. The van der Waals surface area contributed by atoms with Gasteiger partial charge >= 0.3 is 0 Å². The van der Waals surface area contributed by atoms with Gasteiger partial charge < -0.3 is 10.1 Å². The largest absolute Gasteiger partial charge is 0.381 e. The van der Waals surface area contributed by atoms with Crippen LogP contribution in [0.25, 0.3) is 0 Å². The number of sulfonamides is 1. The van der Waals surface area contributed by atoms with E-state index in [1.165, 1.54) is 0 Å². The van der Waals surface area contributed by atoms with Crippen LogP contribution in [0.4, 0.5) is 0 Å². The van der Waals surface area contributed by atoms with E-state index in [1.807, 2.05) is 0 Å². The smallest absolute Gasteiger partial charge is 0.214 e. The second-order valence-electron chi connectivity index (χ2n) is 5.05. The molecule has 6 heteroatoms. The van der Waals surface area contributed by atoms with Gasteiger partial charge in [0.1, 0.15) is 0 Å². The molecule has 2 rings (SSSR count). The minimum Gasteiger partial charge on any atom is -0.381 e. The van der Waals surface area contributed by atoms with Gasteiger partial charge in [-0.25, -0.2) is 13.1 Å². The Kier molecular flexibility index (Phi) is 4.41. The highest BCUT2D eigenvalue weighted by Gasteiger charge is 2.32. The molecule has 2 atom stereocenters. The average Bonchev–Trinajstić information content (AvgIpc) is 2.33. The van der Waals surface area contributed by atoms with Gasteiger partial charge in [-0.15, -0.1) is 0 Å². The fourth-order valence-corrected chi connectivity index (χ4v) is 4.18. The van der Waals surface area contributed by atoms with E-state index in [9.17, 15) is 8.42 Å². The molecule has 0 bridgehead atoms. The van der Waals surface area contributed by atoms with Crippen molar-refractivity contribution in [2.24, 2.45) is 5.92 Å². The summed E-state index contributed by atoms with van der Waals surface area (Å²) in [4.78, 5) is 0. The third kappa shape index (κ3) is 3.40. The van der Waals surface area contributed by atoms with Crippen LogP contribution in [0, 0.1) is 5.92 Å². The first-order chi connectivity index (χ1) is 8.09. The van der Waals surface area contributed by atoms with E-state index in [1.54, 1.807) is 0 Å². The molecule has 17 heavy (non-hydrogen) atoms. The maximum Gasteiger partial charge on any atom is 0.214 e. The molecule has 0 saturated carbocycles. The van der Waals surface area contributed by atoms with Crippen LogP contribution >= 0.6 is 0 Å². The molecule has 0 radical (unpaired) electrons. The average molecular weight is 262 g/mol. The van der Waals surface area contributed by atoms with Crippen molar-refractivity contribution in [2.75, 3.05) is 26.3 Å². The van der Waals surface area contributed by atoms with Gasteiger partial charge in [0.2, 0.25) is 10.0 Å². The topological polar surface area (TPSA) is 67.4 Å². The minimum atomic E-state index is -3.19. The summed E-state index contributed by atoms with van der Waals surface area (Å²) < 4.78 is 32.5. The molecule has 0 amide bonds. The Morgan fingerprint density at radius 2 is 1.94 bits per heavy atom. The highest BCUT2D eigenvalue weighted by molar-refractivity contribution is 7.90. The molecule has 0 aromatic carbocycles. The van der Waals surface area contributed by atoms with E-state index < -0.39 is 10.0 Å². The molecule has 0 aromatic rings. The second-order valence-corrected chi connectivity index (χ2v) is 7.04. The monoisotopic (exact) mass is 262 g/mol. The van der Waals surface area contributed by atoms with Crippen molar-refractivity contribution in [3.05, 3.63) is 0 Å². The predicted octanol–water partition coefficient (Wildman–Crippen LogP) is 0.0828. The summed E-state index contributed by atoms with van der Waals surface area (Å²) in [5, 5.41) is 2.97. The van der Waals surface area contributed by atoms with Crippen molar-refractivity contribution in [2.45, 2.75) is 37.5 Å². The molecular formula is C11H22N2O3S. The summed E-state index contributed by atoms with van der Waals surface area (Å²) in [5.74, 6) is 0.408. The van der Waals surface area contributed by atoms with Crippen molar-refractivity contribution in [1.29, 1.82) is 0 Å². The van der Waals surface area contributed by atoms with Crippen LogP contribution in [-0.4, -0.2) is 46.0 Å². The first kappa shape index (κ1) is 13.3. The normalized spacial score (nSPS) is 32.5. The van der Waals surface area contributed by atoms with Gasteiger partial charge in [0.15, 0.2) is 0 Å². The van der Waals surface area contributed by atoms with Gasteiger partial charge in [0.05, 0.1) is 5.25 Å². The molecule has 0 aliphatic carbocycles. The molecule has 2 aliphatic heterocycles. The van der Waals surface area contributed by atoms with Crippen LogP contribution in [0.15, 0.2) is 0 Å². The third-order valence-corrected chi connectivity index (χ3v) is 5.73. The summed E-state index contributed by atoms with van der Waals surface area (Å²) in [6.45, 7) is 4.95. The quantitative estimate of drug-likeness (QED) is 0.756. The Balaban J connectivity index is 1.95. The Bertz CT molecular complexity index is 339. The van der Waals surface area contributed by atoms with Crippen molar-refractivity contribution in [3.8, 4) is 0 Å².